The zero-order valence-corrected chi connectivity index (χ0v) is 10.7. The van der Waals surface area contributed by atoms with Crippen LogP contribution in [0.2, 0.25) is 0 Å². The van der Waals surface area contributed by atoms with Gasteiger partial charge in [0.2, 0.25) is 5.91 Å². The van der Waals surface area contributed by atoms with Crippen LogP contribution in [0.15, 0.2) is 24.3 Å². The molecule has 0 aliphatic heterocycles. The molecule has 0 unspecified atom stereocenters. The Morgan fingerprint density at radius 3 is 2.50 bits per heavy atom. The van der Waals surface area contributed by atoms with Crippen molar-refractivity contribution in [1.82, 2.24) is 0 Å². The molecule has 0 saturated carbocycles. The molecule has 18 heavy (non-hydrogen) atoms. The molecule has 1 rings (SSSR count). The predicted molar refractivity (Wildman–Crippen MR) is 72.1 cm³/mol. The minimum absolute atomic E-state index is 0.0942. The fourth-order valence-electron chi connectivity index (χ4n) is 1.67. The molecular formula is C14H19N3O. The summed E-state index contributed by atoms with van der Waals surface area (Å²) < 4.78 is 0. The second-order valence-corrected chi connectivity index (χ2v) is 4.21. The highest BCUT2D eigenvalue weighted by atomic mass is 16.2. The second-order valence-electron chi connectivity index (χ2n) is 4.21. The Labute approximate surface area is 108 Å². The number of amides is 1. The molecule has 0 fully saturated rings. The maximum absolute atomic E-state index is 11.9. The molecule has 1 aromatic rings. The van der Waals surface area contributed by atoms with Crippen molar-refractivity contribution >= 4 is 11.6 Å². The number of hydrogen-bond acceptors (Lipinski definition) is 3. The largest absolute Gasteiger partial charge is 0.330 e. The van der Waals surface area contributed by atoms with Gasteiger partial charge < -0.3 is 10.6 Å². The van der Waals surface area contributed by atoms with Gasteiger partial charge in [0.1, 0.15) is 0 Å². The van der Waals surface area contributed by atoms with Crippen LogP contribution in [-0.2, 0) is 4.79 Å². The predicted octanol–water partition coefficient (Wildman–Crippen LogP) is 2.04. The standard InChI is InChI=1S/C14H19N3O/c1-17(14(18)5-3-2-4-10-15)13-8-6-12(11-16)7-9-13/h6-9H,2-5,10,15H2,1H3. The molecule has 1 amide bonds. The molecule has 0 saturated heterocycles. The lowest BCUT2D eigenvalue weighted by Crippen LogP contribution is -2.25. The van der Waals surface area contributed by atoms with Gasteiger partial charge in [-0.25, -0.2) is 0 Å². The smallest absolute Gasteiger partial charge is 0.226 e. The van der Waals surface area contributed by atoms with Crippen LogP contribution in [0.1, 0.15) is 31.2 Å². The number of benzene rings is 1. The van der Waals surface area contributed by atoms with Crippen LogP contribution in [0, 0.1) is 11.3 Å². The summed E-state index contributed by atoms with van der Waals surface area (Å²) in [5.74, 6) is 0.0942. The third kappa shape index (κ3) is 4.19. The van der Waals surface area contributed by atoms with E-state index < -0.39 is 0 Å². The fraction of sp³-hybridized carbons (Fsp3) is 0.429. The van der Waals surface area contributed by atoms with Gasteiger partial charge in [0, 0.05) is 19.2 Å². The Balaban J connectivity index is 2.49. The third-order valence-corrected chi connectivity index (χ3v) is 2.85. The number of carbonyl (C=O) groups is 1. The SMILES string of the molecule is CN(C(=O)CCCCCN)c1ccc(C#N)cc1. The molecule has 0 spiro atoms. The Morgan fingerprint density at radius 1 is 1.28 bits per heavy atom. The van der Waals surface area contributed by atoms with E-state index >= 15 is 0 Å². The Kier molecular flexibility index (Phi) is 5.89. The highest BCUT2D eigenvalue weighted by Crippen LogP contribution is 2.15. The van der Waals surface area contributed by atoms with Crippen molar-refractivity contribution in [3.63, 3.8) is 0 Å². The van der Waals surface area contributed by atoms with Crippen molar-refractivity contribution < 1.29 is 4.79 Å². The van der Waals surface area contributed by atoms with Crippen molar-refractivity contribution in [1.29, 1.82) is 5.26 Å². The molecule has 4 nitrogen and oxygen atoms in total. The Bertz CT molecular complexity index is 420. The van der Waals surface area contributed by atoms with Crippen LogP contribution in [-0.4, -0.2) is 19.5 Å². The van der Waals surface area contributed by atoms with Gasteiger partial charge in [-0.2, -0.15) is 5.26 Å². The lowest BCUT2D eigenvalue weighted by molar-refractivity contribution is -0.118. The third-order valence-electron chi connectivity index (χ3n) is 2.85. The Hall–Kier alpha value is -1.86. The topological polar surface area (TPSA) is 70.1 Å². The Morgan fingerprint density at radius 2 is 1.94 bits per heavy atom. The van der Waals surface area contributed by atoms with Crippen LogP contribution < -0.4 is 10.6 Å². The van der Waals surface area contributed by atoms with Crippen molar-refractivity contribution in [2.45, 2.75) is 25.7 Å². The van der Waals surface area contributed by atoms with Crippen LogP contribution in [0.5, 0.6) is 0 Å². The number of nitriles is 1. The number of anilines is 1. The lowest BCUT2D eigenvalue weighted by atomic mass is 10.1. The van der Waals surface area contributed by atoms with Crippen molar-refractivity contribution in [2.75, 3.05) is 18.5 Å². The van der Waals surface area contributed by atoms with Gasteiger partial charge in [0.15, 0.2) is 0 Å². The molecule has 96 valence electrons. The van der Waals surface area contributed by atoms with Crippen molar-refractivity contribution in [3.05, 3.63) is 29.8 Å². The van der Waals surface area contributed by atoms with Crippen LogP contribution in [0.3, 0.4) is 0 Å². The van der Waals surface area contributed by atoms with E-state index in [4.69, 9.17) is 11.0 Å². The highest BCUT2D eigenvalue weighted by Gasteiger charge is 2.10. The van der Waals surface area contributed by atoms with Crippen LogP contribution in [0.25, 0.3) is 0 Å². The monoisotopic (exact) mass is 245 g/mol. The summed E-state index contributed by atoms with van der Waals surface area (Å²) in [6.07, 6.45) is 3.37. The zero-order valence-electron chi connectivity index (χ0n) is 10.7. The molecule has 0 aliphatic carbocycles. The van der Waals surface area contributed by atoms with Gasteiger partial charge in [-0.05, 0) is 43.7 Å². The van der Waals surface area contributed by atoms with Crippen LogP contribution >= 0.6 is 0 Å². The lowest BCUT2D eigenvalue weighted by Gasteiger charge is -2.17. The van der Waals surface area contributed by atoms with E-state index in [2.05, 4.69) is 6.07 Å². The summed E-state index contributed by atoms with van der Waals surface area (Å²) in [5.41, 5.74) is 6.82. The highest BCUT2D eigenvalue weighted by molar-refractivity contribution is 5.92. The molecule has 0 atom stereocenters. The molecule has 2 N–H and O–H groups in total. The summed E-state index contributed by atoms with van der Waals surface area (Å²) in [4.78, 5) is 13.5. The number of nitrogens with zero attached hydrogens (tertiary/aromatic N) is 2. The quantitative estimate of drug-likeness (QED) is 0.780. The van der Waals surface area contributed by atoms with Crippen LogP contribution in [0.4, 0.5) is 5.69 Å². The molecule has 0 bridgehead atoms. The maximum atomic E-state index is 11.9. The van der Waals surface area contributed by atoms with Crippen molar-refractivity contribution in [3.8, 4) is 6.07 Å². The number of rotatable bonds is 6. The first-order valence-electron chi connectivity index (χ1n) is 6.16. The second kappa shape index (κ2) is 7.46. The number of hydrogen-bond donors (Lipinski definition) is 1. The average molecular weight is 245 g/mol. The average Bonchev–Trinajstić information content (AvgIpc) is 2.42. The molecule has 4 heteroatoms. The fourth-order valence-corrected chi connectivity index (χ4v) is 1.67. The number of unbranched alkanes of at least 4 members (excludes halogenated alkanes) is 2. The van der Waals surface area contributed by atoms with E-state index in [1.807, 2.05) is 0 Å². The zero-order chi connectivity index (χ0) is 13.4. The van der Waals surface area contributed by atoms with E-state index in [9.17, 15) is 4.79 Å². The normalized spacial score (nSPS) is 9.83. The first-order valence-corrected chi connectivity index (χ1v) is 6.16. The van der Waals surface area contributed by atoms with E-state index in [1.54, 1.807) is 36.2 Å². The minimum Gasteiger partial charge on any atom is -0.330 e. The molecule has 0 aromatic heterocycles. The van der Waals surface area contributed by atoms with E-state index in [1.165, 1.54) is 0 Å². The van der Waals surface area contributed by atoms with Gasteiger partial charge in [0.25, 0.3) is 0 Å². The maximum Gasteiger partial charge on any atom is 0.226 e. The van der Waals surface area contributed by atoms with Gasteiger partial charge in [-0.3, -0.25) is 4.79 Å². The van der Waals surface area contributed by atoms with Gasteiger partial charge in [0.05, 0.1) is 11.6 Å². The van der Waals surface area contributed by atoms with E-state index in [0.717, 1.165) is 24.9 Å². The molecule has 0 radical (unpaired) electrons. The minimum atomic E-state index is 0.0942. The van der Waals surface area contributed by atoms with Gasteiger partial charge >= 0.3 is 0 Å². The summed E-state index contributed by atoms with van der Waals surface area (Å²) in [6.45, 7) is 0.680. The summed E-state index contributed by atoms with van der Waals surface area (Å²) in [5, 5.41) is 8.70. The summed E-state index contributed by atoms with van der Waals surface area (Å²) >= 11 is 0. The van der Waals surface area contributed by atoms with E-state index in [0.29, 0.717) is 18.5 Å². The summed E-state index contributed by atoms with van der Waals surface area (Å²) in [6, 6.07) is 9.06. The van der Waals surface area contributed by atoms with Gasteiger partial charge in [-0.1, -0.05) is 6.42 Å². The molecular weight excluding hydrogens is 226 g/mol. The van der Waals surface area contributed by atoms with E-state index in [-0.39, 0.29) is 5.91 Å². The number of carbonyl (C=O) groups excluding carboxylic acids is 1. The summed E-state index contributed by atoms with van der Waals surface area (Å²) in [7, 11) is 1.76. The first-order chi connectivity index (χ1) is 8.69. The molecule has 0 heterocycles. The van der Waals surface area contributed by atoms with Crippen molar-refractivity contribution in [2.24, 2.45) is 5.73 Å². The molecule has 1 aromatic carbocycles. The first kappa shape index (κ1) is 14.2. The van der Waals surface area contributed by atoms with Gasteiger partial charge in [-0.15, -0.1) is 0 Å². The number of nitrogens with two attached hydrogens (primary N) is 1. The molecule has 0 aliphatic rings.